The molecule has 0 saturated carbocycles. The zero-order chi connectivity index (χ0) is 81.2. The summed E-state index contributed by atoms with van der Waals surface area (Å²) in [6.07, 6.45) is -23.7. The molecule has 4 unspecified atom stereocenters. The van der Waals surface area contributed by atoms with Gasteiger partial charge in [0.1, 0.15) is 108 Å². The van der Waals surface area contributed by atoms with Crippen LogP contribution in [0.1, 0.15) is 124 Å². The number of aromatic nitrogens is 4. The lowest BCUT2D eigenvalue weighted by Gasteiger charge is -2.39. The van der Waals surface area contributed by atoms with Crippen LogP contribution in [0.15, 0.2) is 151 Å². The van der Waals surface area contributed by atoms with Crippen molar-refractivity contribution in [1.29, 1.82) is 0 Å². The number of ether oxygens (including phenoxy) is 7. The van der Waals surface area contributed by atoms with Gasteiger partial charge in [-0.05, 0) is 139 Å². The SMILES string of the molecule is NC(N)=NCCCC(NC(=O)CCCOc1ccc(C2c3ccc([nH]3)C(c3ccc(O[C@@H]4O[C@@H](CO)[C@@H](O)[C@H](O)[C@@H]4O)cc3)c3ccc([nH]3)C(c3ccc(O[C@@H]4O[C@@H](CO)[C@@H](O)[C@H](O)[C@@H]4O)cc3)c3ccc([nH]3)C(c3ccc(O[C@@H]4O[C@@H](CO)[C@@H](O)[C@H](O)[C@@H]4O)cc3)c3ccc2[nH]3)cc1)C(=O)NCC(=O)NC(CC(=O)O)C(=O)O. The van der Waals surface area contributed by atoms with Crippen LogP contribution in [0.2, 0.25) is 0 Å². The summed E-state index contributed by atoms with van der Waals surface area (Å²) < 4.78 is 41.4. The fourth-order valence-corrected chi connectivity index (χ4v) is 14.4. The minimum Gasteiger partial charge on any atom is -0.494 e. The van der Waals surface area contributed by atoms with E-state index in [1.165, 1.54) is 0 Å². The van der Waals surface area contributed by atoms with Crippen molar-refractivity contribution in [3.63, 3.8) is 0 Å². The van der Waals surface area contributed by atoms with Crippen molar-refractivity contribution < 1.29 is 129 Å². The normalized spacial score (nSPS) is 27.2. The first-order chi connectivity index (χ1) is 54.8. The third kappa shape index (κ3) is 19.2. The van der Waals surface area contributed by atoms with E-state index in [0.717, 1.165) is 33.6 Å². The number of hydrogen-bond donors (Lipinski definition) is 23. The summed E-state index contributed by atoms with van der Waals surface area (Å²) in [7, 11) is 0. The van der Waals surface area contributed by atoms with E-state index < -0.39 is 190 Å². The Morgan fingerprint density at radius 1 is 0.421 bits per heavy atom. The Kier molecular flexibility index (Phi) is 26.8. The predicted octanol–water partition coefficient (Wildman–Crippen LogP) is -1.57. The van der Waals surface area contributed by atoms with Gasteiger partial charge in [-0.3, -0.25) is 24.2 Å². The molecular formula is C78H92N10O26. The van der Waals surface area contributed by atoms with Crippen molar-refractivity contribution in [2.75, 3.05) is 39.5 Å². The molecule has 8 heterocycles. The number of H-pyrrole nitrogens is 4. The fraction of sp³-hybridized carbons (Fsp3) is 0.410. The van der Waals surface area contributed by atoms with Gasteiger partial charge in [-0.1, -0.05) is 48.5 Å². The molecule has 12 rings (SSSR count). The number of aliphatic hydroxyl groups is 12. The van der Waals surface area contributed by atoms with Gasteiger partial charge >= 0.3 is 11.9 Å². The number of carbonyl (C=O) groups is 5. The van der Waals surface area contributed by atoms with Crippen LogP contribution >= 0.6 is 0 Å². The molecule has 36 nitrogen and oxygen atoms in total. The van der Waals surface area contributed by atoms with Crippen LogP contribution in [0.5, 0.6) is 23.0 Å². The van der Waals surface area contributed by atoms with Crippen LogP contribution in [-0.2, 0) is 38.2 Å². The molecule has 0 aliphatic carbocycles. The number of carboxylic acid groups (broad SMARTS) is 2. The lowest BCUT2D eigenvalue weighted by Crippen LogP contribution is -2.60. The van der Waals surface area contributed by atoms with Crippen molar-refractivity contribution in [2.24, 2.45) is 16.5 Å². The second-order valence-corrected chi connectivity index (χ2v) is 28.2. The van der Waals surface area contributed by atoms with Crippen LogP contribution < -0.4 is 46.4 Å². The quantitative estimate of drug-likeness (QED) is 0.0137. The van der Waals surface area contributed by atoms with Gasteiger partial charge in [-0.2, -0.15) is 0 Å². The summed E-state index contributed by atoms with van der Waals surface area (Å²) in [6.45, 7) is -2.59. The van der Waals surface area contributed by atoms with Crippen LogP contribution in [0.3, 0.4) is 0 Å². The zero-order valence-electron chi connectivity index (χ0n) is 61.0. The van der Waals surface area contributed by atoms with E-state index in [1.807, 2.05) is 102 Å². The maximum Gasteiger partial charge on any atom is 0.326 e. The summed E-state index contributed by atoms with van der Waals surface area (Å²) in [4.78, 5) is 81.1. The van der Waals surface area contributed by atoms with Crippen LogP contribution in [0.4, 0.5) is 0 Å². The van der Waals surface area contributed by atoms with Crippen LogP contribution in [0, 0.1) is 0 Å². The number of carboxylic acids is 2. The van der Waals surface area contributed by atoms with Crippen LogP contribution in [0.25, 0.3) is 0 Å². The number of fused-ring (bicyclic) bond motifs is 8. The first kappa shape index (κ1) is 82.7. The molecule has 3 amide bonds. The summed E-state index contributed by atoms with van der Waals surface area (Å²) in [5.74, 6) is -6.88. The van der Waals surface area contributed by atoms with Crippen LogP contribution in [-0.4, -0.2) is 271 Å². The Hall–Kier alpha value is -10.8. The van der Waals surface area contributed by atoms with Crippen molar-refractivity contribution in [3.8, 4) is 23.0 Å². The number of aromatic amines is 4. The van der Waals surface area contributed by atoms with Gasteiger partial charge < -0.3 is 152 Å². The molecule has 25 N–H and O–H groups in total. The number of nitrogens with one attached hydrogen (secondary N) is 7. The molecule has 8 aromatic rings. The number of amides is 3. The molecule has 19 atom stereocenters. The number of hydrogen-bond acceptors (Lipinski definition) is 25. The first-order valence-corrected chi connectivity index (χ1v) is 36.8. The molecule has 610 valence electrons. The predicted molar refractivity (Wildman–Crippen MR) is 397 cm³/mol. The highest BCUT2D eigenvalue weighted by molar-refractivity contribution is 5.92. The van der Waals surface area contributed by atoms with Crippen molar-refractivity contribution in [2.45, 2.75) is 160 Å². The molecule has 4 aromatic heterocycles. The molecule has 3 fully saturated rings. The molecule has 114 heavy (non-hydrogen) atoms. The van der Waals surface area contributed by atoms with E-state index in [0.29, 0.717) is 39.9 Å². The van der Waals surface area contributed by atoms with Crippen molar-refractivity contribution >= 4 is 35.6 Å². The molecule has 4 aliphatic heterocycles. The topological polar surface area (TPSA) is 597 Å². The smallest absolute Gasteiger partial charge is 0.326 e. The number of benzene rings is 4. The summed E-state index contributed by atoms with van der Waals surface area (Å²) in [5, 5.41) is 151. The maximum atomic E-state index is 13.4. The minimum absolute atomic E-state index is 0.0263. The standard InChI is InChI=1S/C78H92N10O26/c79-78(80)81-29-1-3-52(73(105)82-32-58(93)88-53(74(106)107)31-59(94)95)87-57(92)4-2-30-108-40-13-5-36(6-14-40)60-44-21-23-46(83-44)61(37-7-15-41(16-8-37)109-75-70(102)67(99)64(96)54(33-89)112-75)48-25-27-50(85-48)63(39-11-19-43(20-12-39)111-77-72(104)69(101)66(98)56(35-91)114-77)51-28-26-49(86-51)62(47-24-22-45(60)84-47)38-9-17-42(18-10-38)110-76-71(103)68(100)65(97)55(34-90)113-76/h5-28,52-56,60-72,75-77,83-86,89-91,96-104H,1-4,29-35H2,(H,82,105)(H,87,92)(H,88,93)(H,94,95)(H,106,107)(H4,79,80,81)/t52?,53?,54-,55-,56-,60?,61?,62?,63?,64+,65+,66+,67-,68-,69-,70-,71-,72-,75+,76+,77+/m0/s1. The van der Waals surface area contributed by atoms with Gasteiger partial charge in [-0.15, -0.1) is 0 Å². The van der Waals surface area contributed by atoms with Crippen molar-refractivity contribution in [1.82, 2.24) is 35.9 Å². The van der Waals surface area contributed by atoms with Gasteiger partial charge in [0.25, 0.3) is 0 Å². The highest BCUT2D eigenvalue weighted by Crippen LogP contribution is 2.43. The number of carbonyl (C=O) groups excluding carboxylic acids is 3. The number of aliphatic imine (C=N–C) groups is 1. The molecule has 3 saturated heterocycles. The van der Waals surface area contributed by atoms with Gasteiger partial charge in [0, 0.05) is 58.5 Å². The molecule has 36 heteroatoms. The monoisotopic (exact) mass is 1580 g/mol. The van der Waals surface area contributed by atoms with Gasteiger partial charge in [0.05, 0.1) is 63.1 Å². The summed E-state index contributed by atoms with van der Waals surface area (Å²) in [6, 6.07) is 40.9. The number of rotatable bonds is 30. The van der Waals surface area contributed by atoms with Gasteiger partial charge in [0.2, 0.25) is 36.6 Å². The largest absolute Gasteiger partial charge is 0.494 e. The molecule has 8 bridgehead atoms. The lowest BCUT2D eigenvalue weighted by molar-refractivity contribution is -0.277. The second-order valence-electron chi connectivity index (χ2n) is 28.2. The maximum absolute atomic E-state index is 13.4. The third-order valence-corrected chi connectivity index (χ3v) is 20.4. The molecular weight excluding hydrogens is 1490 g/mol. The Labute approximate surface area is 649 Å². The Bertz CT molecular complexity index is 4400. The molecule has 4 aliphatic rings. The molecule has 0 radical (unpaired) electrons. The van der Waals surface area contributed by atoms with E-state index in [4.69, 9.17) is 49.7 Å². The lowest BCUT2D eigenvalue weighted by atomic mass is 9.92. The minimum atomic E-state index is -1.76. The van der Waals surface area contributed by atoms with E-state index in [2.05, 4.69) is 35.6 Å². The fourth-order valence-electron chi connectivity index (χ4n) is 14.4. The summed E-state index contributed by atoms with van der Waals surface area (Å²) >= 11 is 0. The average Bonchev–Trinajstić information content (AvgIpc) is 1.61. The van der Waals surface area contributed by atoms with E-state index in [9.17, 15) is 90.4 Å². The average molecular weight is 1590 g/mol. The second kappa shape index (κ2) is 37.0. The number of guanidine groups is 1. The highest BCUT2D eigenvalue weighted by atomic mass is 16.7. The van der Waals surface area contributed by atoms with Gasteiger partial charge in [0.15, 0.2) is 5.96 Å². The Balaban J connectivity index is 0.866. The Morgan fingerprint density at radius 2 is 0.746 bits per heavy atom. The third-order valence-electron chi connectivity index (χ3n) is 20.4. The number of nitrogens with two attached hydrogens (primary N) is 2. The van der Waals surface area contributed by atoms with Gasteiger partial charge in [-0.25, -0.2) is 4.79 Å². The highest BCUT2D eigenvalue weighted by Gasteiger charge is 2.48. The summed E-state index contributed by atoms with van der Waals surface area (Å²) in [5.41, 5.74) is 19.6. The van der Waals surface area contributed by atoms with Crippen molar-refractivity contribution in [3.05, 3.63) is 213 Å². The van der Waals surface area contributed by atoms with E-state index >= 15 is 0 Å². The number of nitrogens with zero attached hydrogens (tertiary/aromatic N) is 1. The molecule has 4 aromatic carbocycles. The number of aliphatic carboxylic acids is 2. The molecule has 0 spiro atoms. The zero-order valence-corrected chi connectivity index (χ0v) is 61.0. The van der Waals surface area contributed by atoms with E-state index in [-0.39, 0.29) is 62.0 Å². The van der Waals surface area contributed by atoms with E-state index in [1.54, 1.807) is 48.5 Å². The first-order valence-electron chi connectivity index (χ1n) is 36.8. The Morgan fingerprint density at radius 3 is 1.05 bits per heavy atom. The number of aliphatic hydroxyl groups excluding tert-OH is 12.